The quantitative estimate of drug-likeness (QED) is 0.650. The third kappa shape index (κ3) is 4.84. The smallest absolute Gasteiger partial charge is 0.229 e. The fraction of sp³-hybridized carbons (Fsp3) is 0.211. The molecule has 0 spiro atoms. The zero-order chi connectivity index (χ0) is 18.5. The average molecular weight is 388 g/mol. The standard InChI is InChI=1S/C19H19Cl2N5/c1-13-11-18(26(2)10-7-14-5-8-22-9-6-14)25-19(23-13)24-17-12-15(20)3-4-16(17)21/h3-6,8-9,11-12H,7,10H2,1-2H3,(H,23,24,25). The molecule has 134 valence electrons. The summed E-state index contributed by atoms with van der Waals surface area (Å²) in [7, 11) is 2.01. The van der Waals surface area contributed by atoms with E-state index < -0.39 is 0 Å². The van der Waals surface area contributed by atoms with Crippen LogP contribution in [0.5, 0.6) is 0 Å². The summed E-state index contributed by atoms with van der Waals surface area (Å²) in [6.45, 7) is 2.77. The van der Waals surface area contributed by atoms with Gasteiger partial charge in [-0.1, -0.05) is 23.2 Å². The minimum Gasteiger partial charge on any atom is -0.359 e. The van der Waals surface area contributed by atoms with Crippen LogP contribution in [0.4, 0.5) is 17.5 Å². The van der Waals surface area contributed by atoms with Gasteiger partial charge in [0, 0.05) is 42.8 Å². The molecule has 0 aliphatic carbocycles. The molecule has 2 heterocycles. The maximum absolute atomic E-state index is 6.21. The number of anilines is 3. The van der Waals surface area contributed by atoms with Gasteiger partial charge in [0.1, 0.15) is 5.82 Å². The summed E-state index contributed by atoms with van der Waals surface area (Å²) in [6, 6.07) is 11.2. The minimum atomic E-state index is 0.486. The van der Waals surface area contributed by atoms with E-state index in [4.69, 9.17) is 23.2 Å². The highest BCUT2D eigenvalue weighted by molar-refractivity contribution is 6.35. The van der Waals surface area contributed by atoms with Crippen LogP contribution in [0.15, 0.2) is 48.8 Å². The van der Waals surface area contributed by atoms with Crippen LogP contribution in [0, 0.1) is 6.92 Å². The Morgan fingerprint density at radius 1 is 1.04 bits per heavy atom. The number of nitrogens with zero attached hydrogens (tertiary/aromatic N) is 4. The molecule has 0 fully saturated rings. The second-order valence-corrected chi connectivity index (χ2v) is 6.81. The van der Waals surface area contributed by atoms with Gasteiger partial charge >= 0.3 is 0 Å². The number of rotatable bonds is 6. The Labute approximate surface area is 163 Å². The van der Waals surface area contributed by atoms with Crippen molar-refractivity contribution in [2.75, 3.05) is 23.8 Å². The van der Waals surface area contributed by atoms with Crippen LogP contribution in [-0.2, 0) is 6.42 Å². The summed E-state index contributed by atoms with van der Waals surface area (Å²) in [6.07, 6.45) is 4.52. The molecule has 3 aromatic rings. The third-order valence-corrected chi connectivity index (χ3v) is 4.46. The van der Waals surface area contributed by atoms with E-state index in [1.54, 1.807) is 30.6 Å². The Hall–Kier alpha value is -2.37. The van der Waals surface area contributed by atoms with Gasteiger partial charge in [-0.15, -0.1) is 0 Å². The Bertz CT molecular complexity index is 886. The van der Waals surface area contributed by atoms with Crippen molar-refractivity contribution in [3.63, 3.8) is 0 Å². The van der Waals surface area contributed by atoms with Crippen LogP contribution in [0.3, 0.4) is 0 Å². The molecule has 5 nitrogen and oxygen atoms in total. The Morgan fingerprint density at radius 2 is 1.81 bits per heavy atom. The van der Waals surface area contributed by atoms with E-state index in [2.05, 4.69) is 25.2 Å². The number of benzene rings is 1. The molecule has 0 radical (unpaired) electrons. The number of hydrogen-bond acceptors (Lipinski definition) is 5. The van der Waals surface area contributed by atoms with Gasteiger partial charge in [0.2, 0.25) is 5.95 Å². The second kappa shape index (κ2) is 8.34. The zero-order valence-electron chi connectivity index (χ0n) is 14.6. The molecule has 3 rings (SSSR count). The summed E-state index contributed by atoms with van der Waals surface area (Å²) < 4.78 is 0. The molecule has 0 amide bonds. The van der Waals surface area contributed by atoms with E-state index in [0.29, 0.717) is 21.7 Å². The maximum atomic E-state index is 6.21. The monoisotopic (exact) mass is 387 g/mol. The number of aromatic nitrogens is 3. The van der Waals surface area contributed by atoms with E-state index in [1.807, 2.05) is 32.2 Å². The second-order valence-electron chi connectivity index (χ2n) is 5.97. The van der Waals surface area contributed by atoms with Crippen molar-refractivity contribution >= 4 is 40.7 Å². The van der Waals surface area contributed by atoms with Gasteiger partial charge in [-0.2, -0.15) is 4.98 Å². The Morgan fingerprint density at radius 3 is 2.58 bits per heavy atom. The van der Waals surface area contributed by atoms with Crippen molar-refractivity contribution in [1.29, 1.82) is 0 Å². The van der Waals surface area contributed by atoms with Gasteiger partial charge in [0.15, 0.2) is 0 Å². The zero-order valence-corrected chi connectivity index (χ0v) is 16.1. The van der Waals surface area contributed by atoms with Gasteiger partial charge in [-0.3, -0.25) is 4.98 Å². The van der Waals surface area contributed by atoms with E-state index in [1.165, 1.54) is 5.56 Å². The lowest BCUT2D eigenvalue weighted by atomic mass is 10.2. The fourth-order valence-corrected chi connectivity index (χ4v) is 2.81. The van der Waals surface area contributed by atoms with Gasteiger partial charge in [-0.05, 0) is 49.2 Å². The molecule has 0 bridgehead atoms. The lowest BCUT2D eigenvalue weighted by Crippen LogP contribution is -2.22. The SMILES string of the molecule is Cc1cc(N(C)CCc2ccncc2)nc(Nc2cc(Cl)ccc2Cl)n1. The number of nitrogens with one attached hydrogen (secondary N) is 1. The summed E-state index contributed by atoms with van der Waals surface area (Å²) >= 11 is 12.3. The van der Waals surface area contributed by atoms with Crippen LogP contribution < -0.4 is 10.2 Å². The largest absolute Gasteiger partial charge is 0.359 e. The maximum Gasteiger partial charge on any atom is 0.229 e. The van der Waals surface area contributed by atoms with Crippen LogP contribution in [-0.4, -0.2) is 28.5 Å². The molecule has 7 heteroatoms. The number of halogens is 2. The van der Waals surface area contributed by atoms with Crippen LogP contribution >= 0.6 is 23.2 Å². The summed E-state index contributed by atoms with van der Waals surface area (Å²) in [5.41, 5.74) is 2.78. The Kier molecular flexibility index (Phi) is 5.91. The first-order valence-corrected chi connectivity index (χ1v) is 8.94. The van der Waals surface area contributed by atoms with Gasteiger partial charge in [-0.25, -0.2) is 4.98 Å². The first-order chi connectivity index (χ1) is 12.5. The molecule has 0 saturated heterocycles. The molecular weight excluding hydrogens is 369 g/mol. The predicted molar refractivity (Wildman–Crippen MR) is 108 cm³/mol. The summed E-state index contributed by atoms with van der Waals surface area (Å²) in [5, 5.41) is 4.31. The summed E-state index contributed by atoms with van der Waals surface area (Å²) in [4.78, 5) is 15.2. The third-order valence-electron chi connectivity index (χ3n) is 3.89. The van der Waals surface area contributed by atoms with Crippen molar-refractivity contribution in [3.05, 3.63) is 70.1 Å². The molecule has 1 aromatic carbocycles. The normalized spacial score (nSPS) is 10.6. The van der Waals surface area contributed by atoms with Crippen molar-refractivity contribution in [1.82, 2.24) is 15.0 Å². The van der Waals surface area contributed by atoms with E-state index in [9.17, 15) is 0 Å². The van der Waals surface area contributed by atoms with Crippen molar-refractivity contribution in [2.45, 2.75) is 13.3 Å². The molecule has 1 N–H and O–H groups in total. The van der Waals surface area contributed by atoms with E-state index >= 15 is 0 Å². The lowest BCUT2D eigenvalue weighted by Gasteiger charge is -2.19. The molecule has 26 heavy (non-hydrogen) atoms. The highest BCUT2D eigenvalue weighted by Crippen LogP contribution is 2.28. The van der Waals surface area contributed by atoms with Crippen molar-refractivity contribution in [2.24, 2.45) is 0 Å². The van der Waals surface area contributed by atoms with Crippen LogP contribution in [0.2, 0.25) is 10.0 Å². The lowest BCUT2D eigenvalue weighted by molar-refractivity contribution is 0.853. The molecule has 0 aliphatic heterocycles. The number of pyridine rings is 1. The number of aryl methyl sites for hydroxylation is 1. The molecule has 2 aromatic heterocycles. The van der Waals surface area contributed by atoms with Gasteiger partial charge in [0.05, 0.1) is 10.7 Å². The van der Waals surface area contributed by atoms with Crippen molar-refractivity contribution < 1.29 is 0 Å². The first-order valence-electron chi connectivity index (χ1n) is 8.19. The minimum absolute atomic E-state index is 0.486. The number of likely N-dealkylation sites (N-methyl/N-ethyl adjacent to an activating group) is 1. The topological polar surface area (TPSA) is 53.9 Å². The molecule has 0 atom stereocenters. The molecule has 0 aliphatic rings. The molecule has 0 unspecified atom stereocenters. The Balaban J connectivity index is 1.75. The van der Waals surface area contributed by atoms with Crippen molar-refractivity contribution in [3.8, 4) is 0 Å². The first kappa shape index (κ1) is 18.4. The highest BCUT2D eigenvalue weighted by atomic mass is 35.5. The van der Waals surface area contributed by atoms with Crippen LogP contribution in [0.1, 0.15) is 11.3 Å². The van der Waals surface area contributed by atoms with E-state index in [-0.39, 0.29) is 0 Å². The average Bonchev–Trinajstić information content (AvgIpc) is 2.63. The highest BCUT2D eigenvalue weighted by Gasteiger charge is 2.09. The van der Waals surface area contributed by atoms with Crippen LogP contribution in [0.25, 0.3) is 0 Å². The fourth-order valence-electron chi connectivity index (χ4n) is 2.48. The van der Waals surface area contributed by atoms with Gasteiger partial charge < -0.3 is 10.2 Å². The predicted octanol–water partition coefficient (Wildman–Crippen LogP) is 4.91. The summed E-state index contributed by atoms with van der Waals surface area (Å²) in [5.74, 6) is 1.33. The molecule has 0 saturated carbocycles. The van der Waals surface area contributed by atoms with Gasteiger partial charge in [0.25, 0.3) is 0 Å². The number of hydrogen-bond donors (Lipinski definition) is 1. The molecular formula is C19H19Cl2N5. The van der Waals surface area contributed by atoms with E-state index in [0.717, 1.165) is 24.5 Å².